The number of piperazine rings is 1. The number of aliphatic carboxylic acids is 2. The Morgan fingerprint density at radius 3 is 1.97 bits per heavy atom. The zero-order chi connectivity index (χ0) is 24.4. The van der Waals surface area contributed by atoms with E-state index >= 15 is 0 Å². The van der Waals surface area contributed by atoms with E-state index in [1.54, 1.807) is 6.07 Å². The monoisotopic (exact) mass is 460 g/mol. The molecule has 1 saturated heterocycles. The molecule has 6 N–H and O–H groups in total. The van der Waals surface area contributed by atoms with Crippen LogP contribution in [0.1, 0.15) is 11.1 Å². The number of halogens is 6. The van der Waals surface area contributed by atoms with E-state index in [4.69, 9.17) is 30.9 Å². The highest BCUT2D eigenvalue weighted by molar-refractivity contribution is 5.95. The molecule has 0 saturated carbocycles. The zero-order valence-corrected chi connectivity index (χ0v) is 15.5. The Labute approximate surface area is 170 Å². The lowest BCUT2D eigenvalue weighted by molar-refractivity contribution is -0.193. The van der Waals surface area contributed by atoms with Crippen LogP contribution in [0.3, 0.4) is 0 Å². The van der Waals surface area contributed by atoms with Gasteiger partial charge in [-0.05, 0) is 11.6 Å². The number of nitrogens with zero attached hydrogens (tertiary/aromatic N) is 1. The van der Waals surface area contributed by atoms with Gasteiger partial charge in [-0.3, -0.25) is 10.2 Å². The van der Waals surface area contributed by atoms with Crippen LogP contribution in [0.15, 0.2) is 24.3 Å². The summed E-state index contributed by atoms with van der Waals surface area (Å²) in [6.45, 7) is 2.55. The van der Waals surface area contributed by atoms with Crippen molar-refractivity contribution in [1.29, 1.82) is 5.41 Å². The molecule has 2 rings (SSSR count). The molecule has 1 aliphatic heterocycles. The van der Waals surface area contributed by atoms with E-state index in [2.05, 4.69) is 5.32 Å². The maximum absolute atomic E-state index is 11.6. The summed E-state index contributed by atoms with van der Waals surface area (Å²) in [6, 6.07) is 7.46. The minimum atomic E-state index is -5.08. The third kappa shape index (κ3) is 11.4. The van der Waals surface area contributed by atoms with Gasteiger partial charge in [-0.1, -0.05) is 18.2 Å². The van der Waals surface area contributed by atoms with Gasteiger partial charge in [0.15, 0.2) is 0 Å². The second kappa shape index (κ2) is 11.7. The number of amides is 1. The molecule has 0 aromatic heterocycles. The molecule has 15 heteroatoms. The predicted octanol–water partition coefficient (Wildman–Crippen LogP) is 1.17. The normalized spacial score (nSPS) is 13.9. The van der Waals surface area contributed by atoms with Crippen molar-refractivity contribution in [2.75, 3.05) is 19.6 Å². The van der Waals surface area contributed by atoms with Gasteiger partial charge in [0, 0.05) is 25.2 Å². The number of amidine groups is 1. The van der Waals surface area contributed by atoms with Crippen molar-refractivity contribution in [3.8, 4) is 0 Å². The third-order valence-electron chi connectivity index (χ3n) is 3.28. The number of carbonyl (C=O) groups excluding carboxylic acids is 1. The van der Waals surface area contributed by atoms with Crippen LogP contribution in [0.25, 0.3) is 0 Å². The molecule has 1 amide bonds. The SMILES string of the molecule is N=C(N)c1cccc(CN2CCNCC2=O)c1.O=C(O)C(F)(F)F.O=C(O)C(F)(F)F. The zero-order valence-electron chi connectivity index (χ0n) is 15.5. The smallest absolute Gasteiger partial charge is 0.475 e. The number of rotatable bonds is 3. The number of carboxylic acid groups (broad SMARTS) is 2. The molecule has 31 heavy (non-hydrogen) atoms. The molecule has 0 aliphatic carbocycles. The predicted molar refractivity (Wildman–Crippen MR) is 93.1 cm³/mol. The molecule has 1 aromatic carbocycles. The van der Waals surface area contributed by atoms with Crippen LogP contribution in [0, 0.1) is 5.41 Å². The molecule has 1 aromatic rings. The Morgan fingerprint density at radius 1 is 1.10 bits per heavy atom. The minimum absolute atomic E-state index is 0.0542. The van der Waals surface area contributed by atoms with E-state index in [1.165, 1.54) is 0 Å². The Bertz CT molecular complexity index is 773. The van der Waals surface area contributed by atoms with Crippen LogP contribution in [0.2, 0.25) is 0 Å². The van der Waals surface area contributed by atoms with Crippen molar-refractivity contribution in [1.82, 2.24) is 10.2 Å². The van der Waals surface area contributed by atoms with Gasteiger partial charge >= 0.3 is 24.3 Å². The molecule has 9 nitrogen and oxygen atoms in total. The van der Waals surface area contributed by atoms with Crippen molar-refractivity contribution in [2.24, 2.45) is 5.73 Å². The first-order valence-corrected chi connectivity index (χ1v) is 8.07. The van der Waals surface area contributed by atoms with E-state index in [1.807, 2.05) is 23.1 Å². The Balaban J connectivity index is 0.000000536. The number of nitrogens with two attached hydrogens (primary N) is 1. The number of carboxylic acids is 2. The molecule has 0 unspecified atom stereocenters. The molecule has 1 heterocycles. The number of nitrogen functional groups attached to an aromatic ring is 1. The fourth-order valence-corrected chi connectivity index (χ4v) is 1.87. The number of nitrogens with one attached hydrogen (secondary N) is 2. The standard InChI is InChI=1S/C12H16N4O.2C2HF3O2/c13-12(14)10-3-1-2-9(6-10)8-16-5-4-15-7-11(16)17;2*3-2(4,5)1(6)7/h1-3,6,15H,4-5,7-8H2,(H3,13,14);2*(H,6,7). The quantitative estimate of drug-likeness (QED) is 0.257. The number of benzene rings is 1. The van der Waals surface area contributed by atoms with Gasteiger partial charge in [-0.2, -0.15) is 26.3 Å². The second-order valence-electron chi connectivity index (χ2n) is 5.71. The average molecular weight is 460 g/mol. The summed E-state index contributed by atoms with van der Waals surface area (Å²) in [5.41, 5.74) is 7.14. The largest absolute Gasteiger partial charge is 0.490 e. The molecule has 0 spiro atoms. The summed E-state index contributed by atoms with van der Waals surface area (Å²) in [5, 5.41) is 24.7. The summed E-state index contributed by atoms with van der Waals surface area (Å²) < 4.78 is 63.5. The summed E-state index contributed by atoms with van der Waals surface area (Å²) in [4.78, 5) is 31.2. The highest BCUT2D eigenvalue weighted by Gasteiger charge is 2.38. The first-order chi connectivity index (χ1) is 14.1. The lowest BCUT2D eigenvalue weighted by Crippen LogP contribution is -2.47. The molecule has 0 radical (unpaired) electrons. The van der Waals surface area contributed by atoms with Crippen molar-refractivity contribution in [3.63, 3.8) is 0 Å². The molecule has 1 aliphatic rings. The Morgan fingerprint density at radius 2 is 1.58 bits per heavy atom. The minimum Gasteiger partial charge on any atom is -0.475 e. The molecule has 174 valence electrons. The van der Waals surface area contributed by atoms with Gasteiger partial charge in [0.25, 0.3) is 0 Å². The van der Waals surface area contributed by atoms with Gasteiger partial charge in [0.1, 0.15) is 5.84 Å². The van der Waals surface area contributed by atoms with Gasteiger partial charge in [0.2, 0.25) is 5.91 Å². The van der Waals surface area contributed by atoms with Crippen LogP contribution in [-0.4, -0.2) is 70.8 Å². The van der Waals surface area contributed by atoms with Crippen molar-refractivity contribution < 1.29 is 50.9 Å². The maximum atomic E-state index is 11.6. The van der Waals surface area contributed by atoms with Crippen LogP contribution >= 0.6 is 0 Å². The summed E-state index contributed by atoms with van der Waals surface area (Å²) >= 11 is 0. The van der Waals surface area contributed by atoms with Crippen LogP contribution in [-0.2, 0) is 20.9 Å². The number of alkyl halides is 6. The summed E-state index contributed by atoms with van der Waals surface area (Å²) in [6.07, 6.45) is -10.2. The van der Waals surface area contributed by atoms with E-state index in [-0.39, 0.29) is 11.7 Å². The molecule has 0 atom stereocenters. The fraction of sp³-hybridized carbons (Fsp3) is 0.375. The topological polar surface area (TPSA) is 157 Å². The summed E-state index contributed by atoms with van der Waals surface area (Å²) in [7, 11) is 0. The van der Waals surface area contributed by atoms with Crippen LogP contribution in [0.5, 0.6) is 0 Å². The highest BCUT2D eigenvalue weighted by atomic mass is 19.4. The first-order valence-electron chi connectivity index (χ1n) is 8.07. The number of hydrogen-bond donors (Lipinski definition) is 5. The van der Waals surface area contributed by atoms with E-state index < -0.39 is 24.3 Å². The van der Waals surface area contributed by atoms with E-state index in [0.717, 1.165) is 18.7 Å². The van der Waals surface area contributed by atoms with E-state index in [0.29, 0.717) is 18.7 Å². The molecule has 1 fully saturated rings. The van der Waals surface area contributed by atoms with Crippen LogP contribution < -0.4 is 11.1 Å². The Hall–Kier alpha value is -3.36. The molecular formula is C16H18F6N4O5. The van der Waals surface area contributed by atoms with Gasteiger partial charge in [0.05, 0.1) is 6.54 Å². The van der Waals surface area contributed by atoms with Gasteiger partial charge < -0.3 is 26.2 Å². The number of hydrogen-bond acceptors (Lipinski definition) is 5. The van der Waals surface area contributed by atoms with E-state index in [9.17, 15) is 31.1 Å². The average Bonchev–Trinajstić information content (AvgIpc) is 2.63. The van der Waals surface area contributed by atoms with Gasteiger partial charge in [-0.15, -0.1) is 0 Å². The number of carbonyl (C=O) groups is 3. The lowest BCUT2D eigenvalue weighted by Gasteiger charge is -2.27. The molecular weight excluding hydrogens is 442 g/mol. The third-order valence-corrected chi connectivity index (χ3v) is 3.28. The second-order valence-corrected chi connectivity index (χ2v) is 5.71. The van der Waals surface area contributed by atoms with Crippen molar-refractivity contribution >= 4 is 23.7 Å². The van der Waals surface area contributed by atoms with Crippen LogP contribution in [0.4, 0.5) is 26.3 Å². The fourth-order valence-electron chi connectivity index (χ4n) is 1.87. The van der Waals surface area contributed by atoms with Crippen molar-refractivity contribution in [3.05, 3.63) is 35.4 Å². The highest BCUT2D eigenvalue weighted by Crippen LogP contribution is 2.13. The first kappa shape index (κ1) is 27.6. The molecule has 0 bridgehead atoms. The lowest BCUT2D eigenvalue weighted by atomic mass is 10.1. The summed E-state index contributed by atoms with van der Waals surface area (Å²) in [5.74, 6) is -5.34. The Kier molecular flexibility index (Phi) is 10.5. The van der Waals surface area contributed by atoms with Gasteiger partial charge in [-0.25, -0.2) is 9.59 Å². The maximum Gasteiger partial charge on any atom is 0.490 e. The van der Waals surface area contributed by atoms with Crippen molar-refractivity contribution in [2.45, 2.75) is 18.9 Å².